The summed E-state index contributed by atoms with van der Waals surface area (Å²) < 4.78 is 0. The number of carbonyl (C=O) groups excluding carboxylic acids is 2. The summed E-state index contributed by atoms with van der Waals surface area (Å²) in [6.45, 7) is 0.192. The Kier molecular flexibility index (Phi) is 5.62. The first-order valence-electron chi connectivity index (χ1n) is 8.25. The Bertz CT molecular complexity index is 380. The number of hydrogen-bond acceptors (Lipinski definition) is 3. The fraction of sp³-hybridized carbons (Fsp3) is 0.875. The van der Waals surface area contributed by atoms with Crippen molar-refractivity contribution in [2.45, 2.75) is 63.5 Å². The lowest BCUT2D eigenvalue weighted by molar-refractivity contribution is -0.142. The predicted molar refractivity (Wildman–Crippen MR) is 82.6 cm³/mol. The number of rotatable bonds is 4. The second kappa shape index (κ2) is 7.25. The largest absolute Gasteiger partial charge is 0.341 e. The summed E-state index contributed by atoms with van der Waals surface area (Å²) in [4.78, 5) is 28.1. The van der Waals surface area contributed by atoms with Crippen LogP contribution in [-0.2, 0) is 9.59 Å². The third-order valence-electron chi connectivity index (χ3n) is 5.09. The van der Waals surface area contributed by atoms with Gasteiger partial charge in [0.1, 0.15) is 0 Å². The van der Waals surface area contributed by atoms with Crippen molar-refractivity contribution in [2.75, 3.05) is 20.6 Å². The second-order valence-electron chi connectivity index (χ2n) is 6.76. The minimum absolute atomic E-state index is 0.0118. The van der Waals surface area contributed by atoms with E-state index in [-0.39, 0.29) is 30.3 Å². The molecule has 2 atom stereocenters. The molecular weight excluding hydrogens is 266 g/mol. The number of nitrogens with zero attached hydrogens (tertiary/aromatic N) is 2. The number of nitrogens with two attached hydrogens (primary N) is 1. The van der Waals surface area contributed by atoms with Gasteiger partial charge in [-0.1, -0.05) is 19.3 Å². The highest BCUT2D eigenvalue weighted by molar-refractivity contribution is 5.86. The highest BCUT2D eigenvalue weighted by Gasteiger charge is 2.31. The monoisotopic (exact) mass is 295 g/mol. The third kappa shape index (κ3) is 4.19. The Hall–Kier alpha value is -1.10. The number of carbonyl (C=O) groups is 2. The van der Waals surface area contributed by atoms with Gasteiger partial charge < -0.3 is 15.5 Å². The van der Waals surface area contributed by atoms with E-state index >= 15 is 0 Å². The average Bonchev–Trinajstić information content (AvgIpc) is 2.93. The van der Waals surface area contributed by atoms with E-state index in [0.717, 1.165) is 32.1 Å². The molecule has 2 unspecified atom stereocenters. The van der Waals surface area contributed by atoms with Crippen molar-refractivity contribution >= 4 is 11.8 Å². The van der Waals surface area contributed by atoms with Crippen LogP contribution in [0.4, 0.5) is 0 Å². The standard InChI is InChI=1S/C16H29N3O2/c1-18(16(21)12-8-9-13(17)10-12)11-15(20)19(2)14-6-4-3-5-7-14/h12-14H,3-11,17H2,1-2H3. The molecule has 2 rings (SSSR count). The Balaban J connectivity index is 1.82. The molecular formula is C16H29N3O2. The third-order valence-corrected chi connectivity index (χ3v) is 5.09. The molecule has 21 heavy (non-hydrogen) atoms. The second-order valence-corrected chi connectivity index (χ2v) is 6.76. The number of amides is 2. The van der Waals surface area contributed by atoms with Gasteiger partial charge in [-0.3, -0.25) is 9.59 Å². The van der Waals surface area contributed by atoms with Gasteiger partial charge in [-0.05, 0) is 32.1 Å². The van der Waals surface area contributed by atoms with Crippen molar-refractivity contribution in [3.05, 3.63) is 0 Å². The molecule has 0 bridgehead atoms. The molecule has 0 saturated heterocycles. The minimum Gasteiger partial charge on any atom is -0.341 e. The van der Waals surface area contributed by atoms with Gasteiger partial charge in [-0.2, -0.15) is 0 Å². The van der Waals surface area contributed by atoms with Crippen molar-refractivity contribution in [3.63, 3.8) is 0 Å². The fourth-order valence-electron chi connectivity index (χ4n) is 3.62. The zero-order valence-corrected chi connectivity index (χ0v) is 13.4. The maximum absolute atomic E-state index is 12.3. The van der Waals surface area contributed by atoms with Gasteiger partial charge in [0.05, 0.1) is 6.54 Å². The summed E-state index contributed by atoms with van der Waals surface area (Å²) in [7, 11) is 3.61. The van der Waals surface area contributed by atoms with Gasteiger partial charge in [-0.25, -0.2) is 0 Å². The quantitative estimate of drug-likeness (QED) is 0.851. The number of likely N-dealkylation sites (N-methyl/N-ethyl adjacent to an activating group) is 2. The van der Waals surface area contributed by atoms with E-state index in [4.69, 9.17) is 5.73 Å². The molecule has 0 aromatic heterocycles. The molecule has 0 radical (unpaired) electrons. The van der Waals surface area contributed by atoms with E-state index in [0.29, 0.717) is 6.04 Å². The van der Waals surface area contributed by atoms with Crippen molar-refractivity contribution in [1.82, 2.24) is 9.80 Å². The van der Waals surface area contributed by atoms with Crippen molar-refractivity contribution in [1.29, 1.82) is 0 Å². The van der Waals surface area contributed by atoms with Crippen LogP contribution in [0.3, 0.4) is 0 Å². The van der Waals surface area contributed by atoms with Crippen LogP contribution in [0.5, 0.6) is 0 Å². The molecule has 2 saturated carbocycles. The molecule has 0 heterocycles. The molecule has 2 amide bonds. The van der Waals surface area contributed by atoms with Crippen LogP contribution >= 0.6 is 0 Å². The maximum Gasteiger partial charge on any atom is 0.242 e. The molecule has 5 heteroatoms. The van der Waals surface area contributed by atoms with Crippen LogP contribution in [-0.4, -0.2) is 54.3 Å². The Labute approximate surface area is 127 Å². The first-order chi connectivity index (χ1) is 9.99. The van der Waals surface area contributed by atoms with Gasteiger partial charge in [0.15, 0.2) is 0 Å². The van der Waals surface area contributed by atoms with Crippen LogP contribution in [0.25, 0.3) is 0 Å². The summed E-state index contributed by atoms with van der Waals surface area (Å²) >= 11 is 0. The lowest BCUT2D eigenvalue weighted by Crippen LogP contribution is -2.45. The highest BCUT2D eigenvalue weighted by Crippen LogP contribution is 2.26. The minimum atomic E-state index is 0.0118. The van der Waals surface area contributed by atoms with Crippen LogP contribution in [0.2, 0.25) is 0 Å². The topological polar surface area (TPSA) is 66.6 Å². The lowest BCUT2D eigenvalue weighted by atomic mass is 9.94. The Morgan fingerprint density at radius 3 is 2.29 bits per heavy atom. The molecule has 2 aliphatic carbocycles. The molecule has 0 aliphatic heterocycles. The van der Waals surface area contributed by atoms with Gasteiger partial charge >= 0.3 is 0 Å². The van der Waals surface area contributed by atoms with E-state index < -0.39 is 0 Å². The van der Waals surface area contributed by atoms with Crippen molar-refractivity contribution in [3.8, 4) is 0 Å². The van der Waals surface area contributed by atoms with Crippen LogP contribution in [0, 0.1) is 5.92 Å². The van der Waals surface area contributed by atoms with E-state index in [1.54, 1.807) is 11.9 Å². The molecule has 2 fully saturated rings. The van der Waals surface area contributed by atoms with E-state index in [1.165, 1.54) is 19.3 Å². The van der Waals surface area contributed by atoms with Gasteiger partial charge in [0.2, 0.25) is 11.8 Å². The first-order valence-corrected chi connectivity index (χ1v) is 8.25. The zero-order chi connectivity index (χ0) is 15.4. The van der Waals surface area contributed by atoms with Crippen molar-refractivity contribution < 1.29 is 9.59 Å². The molecule has 5 nitrogen and oxygen atoms in total. The highest BCUT2D eigenvalue weighted by atomic mass is 16.2. The molecule has 120 valence electrons. The van der Waals surface area contributed by atoms with Gasteiger partial charge in [0, 0.05) is 32.1 Å². The van der Waals surface area contributed by atoms with Gasteiger partial charge in [0.25, 0.3) is 0 Å². The molecule has 0 aromatic carbocycles. The normalized spacial score (nSPS) is 26.6. The van der Waals surface area contributed by atoms with Crippen LogP contribution < -0.4 is 5.73 Å². The Morgan fingerprint density at radius 2 is 1.71 bits per heavy atom. The summed E-state index contributed by atoms with van der Waals surface area (Å²) in [6, 6.07) is 0.502. The Morgan fingerprint density at radius 1 is 1.05 bits per heavy atom. The van der Waals surface area contributed by atoms with E-state index in [1.807, 2.05) is 11.9 Å². The summed E-state index contributed by atoms with van der Waals surface area (Å²) in [5.74, 6) is 0.145. The summed E-state index contributed by atoms with van der Waals surface area (Å²) in [6.07, 6.45) is 8.41. The van der Waals surface area contributed by atoms with E-state index in [9.17, 15) is 9.59 Å². The van der Waals surface area contributed by atoms with Crippen LogP contribution in [0.15, 0.2) is 0 Å². The van der Waals surface area contributed by atoms with Gasteiger partial charge in [-0.15, -0.1) is 0 Å². The molecule has 2 N–H and O–H groups in total. The maximum atomic E-state index is 12.3. The van der Waals surface area contributed by atoms with E-state index in [2.05, 4.69) is 0 Å². The molecule has 0 spiro atoms. The lowest BCUT2D eigenvalue weighted by Gasteiger charge is -2.32. The SMILES string of the molecule is CN(CC(=O)N(C)C1CCCCC1)C(=O)C1CCC(N)C1. The van der Waals surface area contributed by atoms with Crippen molar-refractivity contribution in [2.24, 2.45) is 11.7 Å². The molecule has 2 aliphatic rings. The fourth-order valence-corrected chi connectivity index (χ4v) is 3.62. The van der Waals surface area contributed by atoms with Crippen LogP contribution in [0.1, 0.15) is 51.4 Å². The number of hydrogen-bond donors (Lipinski definition) is 1. The zero-order valence-electron chi connectivity index (χ0n) is 13.4. The summed E-state index contributed by atoms with van der Waals surface area (Å²) in [5, 5.41) is 0. The molecule has 0 aromatic rings. The summed E-state index contributed by atoms with van der Waals surface area (Å²) in [5.41, 5.74) is 5.86. The predicted octanol–water partition coefficient (Wildman–Crippen LogP) is 1.36. The first kappa shape index (κ1) is 16.3. The average molecular weight is 295 g/mol. The smallest absolute Gasteiger partial charge is 0.242 e.